The Morgan fingerprint density at radius 1 is 1.00 bits per heavy atom. The first kappa shape index (κ1) is 7.37. The molecule has 0 N–H and O–H groups in total. The molecule has 5 nitrogen and oxygen atoms in total. The van der Waals surface area contributed by atoms with Crippen LogP contribution in [0.3, 0.4) is 0 Å². The Morgan fingerprint density at radius 3 is 2.50 bits per heavy atom. The molecule has 0 aliphatic carbocycles. The largest absolute Gasteiger partial charge is 0.243 e. The van der Waals surface area contributed by atoms with Crippen molar-refractivity contribution in [2.45, 2.75) is 6.92 Å². The van der Waals surface area contributed by atoms with Crippen molar-refractivity contribution in [3.05, 3.63) is 23.8 Å². The van der Waals surface area contributed by atoms with Gasteiger partial charge in [-0.25, -0.2) is 14.6 Å². The van der Waals surface area contributed by atoms with E-state index in [0.29, 0.717) is 11.3 Å². The summed E-state index contributed by atoms with van der Waals surface area (Å²) in [6.45, 7) is 2.01. The van der Waals surface area contributed by atoms with Gasteiger partial charge in [-0.2, -0.15) is 0 Å². The van der Waals surface area contributed by atoms with Gasteiger partial charge in [-0.3, -0.25) is 0 Å². The Morgan fingerprint density at radius 2 is 1.71 bits per heavy atom. The molecule has 0 spiro atoms. The normalized spacial score (nSPS) is 11.2. The maximum atomic E-state index is 4.54. The standard InChI is InChI=1S/C9H6N4O/c1-5-2-3-6-7(4-5)11-9-8(10-6)12-14-13-9/h2-4H,1H3. The Kier molecular flexibility index (Phi) is 1.30. The van der Waals surface area contributed by atoms with Crippen LogP contribution in [-0.2, 0) is 0 Å². The second kappa shape index (κ2) is 2.47. The van der Waals surface area contributed by atoms with Crippen molar-refractivity contribution in [2.75, 3.05) is 0 Å². The number of aromatic nitrogens is 4. The van der Waals surface area contributed by atoms with Crippen LogP contribution in [0.25, 0.3) is 22.3 Å². The molecule has 0 aliphatic heterocycles. The topological polar surface area (TPSA) is 64.7 Å². The molecule has 0 amide bonds. The fraction of sp³-hybridized carbons (Fsp3) is 0.111. The smallest absolute Gasteiger partial charge is 0.240 e. The third kappa shape index (κ3) is 0.953. The molecule has 1 aromatic carbocycles. The Labute approximate surface area is 78.7 Å². The maximum absolute atomic E-state index is 4.54. The minimum absolute atomic E-state index is 0.446. The third-order valence-electron chi connectivity index (χ3n) is 2.04. The summed E-state index contributed by atoms with van der Waals surface area (Å²) >= 11 is 0. The summed E-state index contributed by atoms with van der Waals surface area (Å²) in [6.07, 6.45) is 0. The van der Waals surface area contributed by atoms with Crippen LogP contribution in [-0.4, -0.2) is 20.3 Å². The highest BCUT2D eigenvalue weighted by Gasteiger charge is 2.05. The third-order valence-corrected chi connectivity index (χ3v) is 2.04. The van der Waals surface area contributed by atoms with E-state index in [-0.39, 0.29) is 0 Å². The van der Waals surface area contributed by atoms with Crippen molar-refractivity contribution in [1.29, 1.82) is 0 Å². The molecule has 2 aromatic heterocycles. The van der Waals surface area contributed by atoms with Gasteiger partial charge in [-0.05, 0) is 34.9 Å². The van der Waals surface area contributed by atoms with Crippen molar-refractivity contribution >= 4 is 22.3 Å². The predicted molar refractivity (Wildman–Crippen MR) is 49.6 cm³/mol. The molecule has 68 valence electrons. The summed E-state index contributed by atoms with van der Waals surface area (Å²) in [5.74, 6) is 0. The van der Waals surface area contributed by atoms with Gasteiger partial charge in [0, 0.05) is 0 Å². The van der Waals surface area contributed by atoms with Crippen molar-refractivity contribution in [1.82, 2.24) is 20.3 Å². The summed E-state index contributed by atoms with van der Waals surface area (Å²) in [5.41, 5.74) is 3.65. The zero-order valence-electron chi connectivity index (χ0n) is 7.43. The molecule has 0 atom stereocenters. The fourth-order valence-corrected chi connectivity index (χ4v) is 1.37. The zero-order chi connectivity index (χ0) is 9.54. The lowest BCUT2D eigenvalue weighted by Crippen LogP contribution is -1.86. The van der Waals surface area contributed by atoms with Crippen molar-refractivity contribution in [2.24, 2.45) is 0 Å². The molecule has 0 bridgehead atoms. The number of hydrogen-bond donors (Lipinski definition) is 0. The van der Waals surface area contributed by atoms with E-state index in [9.17, 15) is 0 Å². The highest BCUT2D eigenvalue weighted by atomic mass is 16.6. The van der Waals surface area contributed by atoms with Crippen LogP contribution >= 0.6 is 0 Å². The molecule has 0 saturated carbocycles. The fourth-order valence-electron chi connectivity index (χ4n) is 1.37. The van der Waals surface area contributed by atoms with E-state index in [4.69, 9.17) is 0 Å². The quantitative estimate of drug-likeness (QED) is 0.532. The lowest BCUT2D eigenvalue weighted by atomic mass is 10.2. The lowest BCUT2D eigenvalue weighted by molar-refractivity contribution is 0.314. The van der Waals surface area contributed by atoms with Crippen LogP contribution in [0, 0.1) is 6.92 Å². The summed E-state index contributed by atoms with van der Waals surface area (Å²) in [7, 11) is 0. The molecule has 0 fully saturated rings. The van der Waals surface area contributed by atoms with Gasteiger partial charge >= 0.3 is 0 Å². The van der Waals surface area contributed by atoms with Gasteiger partial charge in [0.1, 0.15) is 0 Å². The van der Waals surface area contributed by atoms with E-state index in [1.165, 1.54) is 0 Å². The van der Waals surface area contributed by atoms with Gasteiger partial charge < -0.3 is 0 Å². The van der Waals surface area contributed by atoms with Gasteiger partial charge in [-0.15, -0.1) is 0 Å². The van der Waals surface area contributed by atoms with Gasteiger partial charge in [0.25, 0.3) is 0 Å². The Bertz CT molecular complexity index is 616. The van der Waals surface area contributed by atoms with E-state index < -0.39 is 0 Å². The van der Waals surface area contributed by atoms with Crippen LogP contribution in [0.1, 0.15) is 5.56 Å². The second-order valence-corrected chi connectivity index (χ2v) is 3.13. The minimum atomic E-state index is 0.446. The zero-order valence-corrected chi connectivity index (χ0v) is 7.43. The van der Waals surface area contributed by atoms with E-state index in [0.717, 1.165) is 16.6 Å². The van der Waals surface area contributed by atoms with Crippen molar-refractivity contribution in [3.8, 4) is 0 Å². The second-order valence-electron chi connectivity index (χ2n) is 3.13. The Balaban J connectivity index is 2.50. The first-order valence-corrected chi connectivity index (χ1v) is 4.19. The molecule has 2 heterocycles. The number of nitrogens with zero attached hydrogens (tertiary/aromatic N) is 4. The number of hydrogen-bond acceptors (Lipinski definition) is 5. The van der Waals surface area contributed by atoms with E-state index in [1.54, 1.807) is 0 Å². The molecule has 0 unspecified atom stereocenters. The average molecular weight is 186 g/mol. The SMILES string of the molecule is Cc1ccc2nc3nonc3nc2c1. The average Bonchev–Trinajstić information content (AvgIpc) is 2.61. The summed E-state index contributed by atoms with van der Waals surface area (Å²) in [6, 6.07) is 5.85. The highest BCUT2D eigenvalue weighted by Crippen LogP contribution is 2.14. The van der Waals surface area contributed by atoms with Gasteiger partial charge in [0.2, 0.25) is 11.3 Å². The molecule has 3 aromatic rings. The monoisotopic (exact) mass is 186 g/mol. The number of rotatable bonds is 0. The van der Waals surface area contributed by atoms with Crippen LogP contribution < -0.4 is 0 Å². The molecule has 14 heavy (non-hydrogen) atoms. The highest BCUT2D eigenvalue weighted by molar-refractivity contribution is 5.82. The van der Waals surface area contributed by atoms with E-state index >= 15 is 0 Å². The lowest BCUT2D eigenvalue weighted by Gasteiger charge is -1.95. The Hall–Kier alpha value is -2.04. The molecule has 3 rings (SSSR count). The minimum Gasteiger partial charge on any atom is -0.240 e. The first-order chi connectivity index (χ1) is 6.83. The molecule has 0 aliphatic rings. The number of fused-ring (bicyclic) bond motifs is 2. The number of benzene rings is 1. The van der Waals surface area contributed by atoms with Gasteiger partial charge in [0.15, 0.2) is 0 Å². The molecule has 0 saturated heterocycles. The summed E-state index contributed by atoms with van der Waals surface area (Å²) in [4.78, 5) is 8.52. The van der Waals surface area contributed by atoms with E-state index in [1.807, 2.05) is 25.1 Å². The van der Waals surface area contributed by atoms with Crippen molar-refractivity contribution < 1.29 is 4.63 Å². The van der Waals surface area contributed by atoms with Crippen LogP contribution in [0.4, 0.5) is 0 Å². The van der Waals surface area contributed by atoms with E-state index in [2.05, 4.69) is 24.9 Å². The number of aryl methyl sites for hydroxylation is 1. The predicted octanol–water partition coefficient (Wildman–Crippen LogP) is 1.47. The summed E-state index contributed by atoms with van der Waals surface area (Å²) < 4.78 is 4.54. The molecular formula is C9H6N4O. The molecule has 5 heteroatoms. The van der Waals surface area contributed by atoms with Gasteiger partial charge in [-0.1, -0.05) is 6.07 Å². The maximum Gasteiger partial charge on any atom is 0.243 e. The van der Waals surface area contributed by atoms with Crippen LogP contribution in [0.15, 0.2) is 22.8 Å². The van der Waals surface area contributed by atoms with Crippen LogP contribution in [0.5, 0.6) is 0 Å². The van der Waals surface area contributed by atoms with Gasteiger partial charge in [0.05, 0.1) is 11.0 Å². The first-order valence-electron chi connectivity index (χ1n) is 4.19. The molecule has 0 radical (unpaired) electrons. The van der Waals surface area contributed by atoms with Crippen molar-refractivity contribution in [3.63, 3.8) is 0 Å². The van der Waals surface area contributed by atoms with Crippen LogP contribution in [0.2, 0.25) is 0 Å². The summed E-state index contributed by atoms with van der Waals surface area (Å²) in [5, 5.41) is 7.27. The molecular weight excluding hydrogens is 180 g/mol.